The van der Waals surface area contributed by atoms with Crippen molar-refractivity contribution in [1.29, 1.82) is 0 Å². The number of likely N-dealkylation sites (N-methyl/N-ethyl adjacent to an activating group) is 1. The first-order valence-electron chi connectivity index (χ1n) is 6.45. The molecule has 0 amide bonds. The predicted octanol–water partition coefficient (Wildman–Crippen LogP) is 4.44. The van der Waals surface area contributed by atoms with Crippen LogP contribution in [-0.2, 0) is 6.42 Å². The summed E-state index contributed by atoms with van der Waals surface area (Å²) in [6.45, 7) is 2.83. The molecule has 2 rings (SSSR count). The van der Waals surface area contributed by atoms with E-state index in [0.717, 1.165) is 17.2 Å². The van der Waals surface area contributed by atoms with Gasteiger partial charge in [-0.3, -0.25) is 0 Å². The highest BCUT2D eigenvalue weighted by Gasteiger charge is 2.19. The molecule has 108 valence electrons. The van der Waals surface area contributed by atoms with Gasteiger partial charge in [0, 0.05) is 6.04 Å². The minimum Gasteiger partial charge on any atom is -0.496 e. The van der Waals surface area contributed by atoms with E-state index in [1.165, 1.54) is 0 Å². The van der Waals surface area contributed by atoms with Crippen LogP contribution in [0.2, 0.25) is 5.02 Å². The molecule has 2 nitrogen and oxygen atoms in total. The lowest BCUT2D eigenvalue weighted by atomic mass is 10.0. The average molecular weight is 314 g/mol. The molecule has 0 saturated carbocycles. The molecule has 0 spiro atoms. The average Bonchev–Trinajstić information content (AvgIpc) is 2.91. The number of nitrogens with one attached hydrogen (secondary N) is 1. The van der Waals surface area contributed by atoms with E-state index in [1.807, 2.05) is 18.4 Å². The first-order valence-corrected chi connectivity index (χ1v) is 7.70. The summed E-state index contributed by atoms with van der Waals surface area (Å²) in [5.41, 5.74) is 0.610. The van der Waals surface area contributed by atoms with Crippen molar-refractivity contribution in [3.8, 4) is 5.75 Å². The zero-order valence-corrected chi connectivity index (χ0v) is 13.0. The van der Waals surface area contributed by atoms with Gasteiger partial charge in [0.25, 0.3) is 0 Å². The Labute approximate surface area is 127 Å². The van der Waals surface area contributed by atoms with Gasteiger partial charge in [0.15, 0.2) is 0 Å². The minimum atomic E-state index is -0.340. The van der Waals surface area contributed by atoms with E-state index in [0.29, 0.717) is 12.0 Å². The van der Waals surface area contributed by atoms with E-state index in [-0.39, 0.29) is 16.9 Å². The highest BCUT2D eigenvalue weighted by molar-refractivity contribution is 7.10. The van der Waals surface area contributed by atoms with Crippen molar-refractivity contribution in [1.82, 2.24) is 5.32 Å². The second-order valence-corrected chi connectivity index (χ2v) is 5.74. The summed E-state index contributed by atoms with van der Waals surface area (Å²) in [6, 6.07) is 7.05. The van der Waals surface area contributed by atoms with Crippen molar-refractivity contribution in [2.75, 3.05) is 13.7 Å². The Balaban J connectivity index is 2.28. The smallest absolute Gasteiger partial charge is 0.145 e. The number of ether oxygens (including phenoxy) is 1. The van der Waals surface area contributed by atoms with Gasteiger partial charge >= 0.3 is 0 Å². The van der Waals surface area contributed by atoms with Gasteiger partial charge in [0.05, 0.1) is 17.0 Å². The fraction of sp³-hybridized carbons (Fsp3) is 0.333. The molecule has 5 heteroatoms. The van der Waals surface area contributed by atoms with Crippen molar-refractivity contribution in [3.05, 3.63) is 50.9 Å². The van der Waals surface area contributed by atoms with Crippen LogP contribution in [0, 0.1) is 5.82 Å². The molecule has 0 fully saturated rings. The summed E-state index contributed by atoms with van der Waals surface area (Å²) in [4.78, 5) is 1.08. The van der Waals surface area contributed by atoms with Crippen LogP contribution in [0.25, 0.3) is 0 Å². The van der Waals surface area contributed by atoms with E-state index in [2.05, 4.69) is 5.32 Å². The summed E-state index contributed by atoms with van der Waals surface area (Å²) in [6.07, 6.45) is 0.539. The highest BCUT2D eigenvalue weighted by atomic mass is 35.5. The van der Waals surface area contributed by atoms with Crippen molar-refractivity contribution in [3.63, 3.8) is 0 Å². The molecule has 0 aliphatic heterocycles. The molecule has 0 aliphatic rings. The van der Waals surface area contributed by atoms with E-state index >= 15 is 0 Å². The monoisotopic (exact) mass is 313 g/mol. The maximum absolute atomic E-state index is 14.0. The number of benzene rings is 1. The number of halogens is 2. The second-order valence-electron chi connectivity index (χ2n) is 4.38. The van der Waals surface area contributed by atoms with Crippen molar-refractivity contribution >= 4 is 22.9 Å². The molecule has 2 aromatic rings. The van der Waals surface area contributed by atoms with Gasteiger partial charge in [0.2, 0.25) is 0 Å². The van der Waals surface area contributed by atoms with Crippen LogP contribution in [0.15, 0.2) is 29.6 Å². The summed E-state index contributed by atoms with van der Waals surface area (Å²) >= 11 is 7.45. The third-order valence-corrected chi connectivity index (χ3v) is 4.40. The molecule has 1 N–H and O–H groups in total. The quantitative estimate of drug-likeness (QED) is 0.851. The van der Waals surface area contributed by atoms with Crippen LogP contribution in [0.3, 0.4) is 0 Å². The number of methoxy groups -OCH3 is 1. The Morgan fingerprint density at radius 1 is 1.40 bits per heavy atom. The van der Waals surface area contributed by atoms with E-state index in [9.17, 15) is 4.39 Å². The van der Waals surface area contributed by atoms with Gasteiger partial charge in [-0.15, -0.1) is 11.3 Å². The highest BCUT2D eigenvalue weighted by Crippen LogP contribution is 2.33. The Hall–Kier alpha value is -1.10. The summed E-state index contributed by atoms with van der Waals surface area (Å²) in [5, 5.41) is 5.52. The van der Waals surface area contributed by atoms with E-state index < -0.39 is 0 Å². The lowest BCUT2D eigenvalue weighted by Gasteiger charge is -2.18. The molecule has 1 unspecified atom stereocenters. The summed E-state index contributed by atoms with van der Waals surface area (Å²) < 4.78 is 19.4. The van der Waals surface area contributed by atoms with Crippen LogP contribution in [0.1, 0.15) is 23.4 Å². The van der Waals surface area contributed by atoms with Crippen LogP contribution in [0.4, 0.5) is 4.39 Å². The molecule has 1 aromatic heterocycles. The maximum Gasteiger partial charge on any atom is 0.145 e. The zero-order valence-electron chi connectivity index (χ0n) is 11.5. The van der Waals surface area contributed by atoms with Crippen molar-refractivity contribution < 1.29 is 9.13 Å². The van der Waals surface area contributed by atoms with Crippen molar-refractivity contribution in [2.45, 2.75) is 19.4 Å². The molecule has 20 heavy (non-hydrogen) atoms. The molecular weight excluding hydrogens is 297 g/mol. The molecule has 0 aliphatic carbocycles. The lowest BCUT2D eigenvalue weighted by Crippen LogP contribution is -2.23. The number of hydrogen-bond acceptors (Lipinski definition) is 3. The number of rotatable bonds is 6. The first kappa shape index (κ1) is 15.3. The summed E-state index contributed by atoms with van der Waals surface area (Å²) in [7, 11) is 1.65. The lowest BCUT2D eigenvalue weighted by molar-refractivity contribution is 0.403. The van der Waals surface area contributed by atoms with Crippen LogP contribution >= 0.6 is 22.9 Å². The number of hydrogen-bond donors (Lipinski definition) is 1. The van der Waals surface area contributed by atoms with Gasteiger partial charge in [-0.05, 0) is 36.0 Å². The zero-order chi connectivity index (χ0) is 14.5. The minimum absolute atomic E-state index is 0.0166. The Kier molecular flexibility index (Phi) is 5.40. The van der Waals surface area contributed by atoms with Gasteiger partial charge in [-0.25, -0.2) is 4.39 Å². The normalized spacial score (nSPS) is 12.4. The van der Waals surface area contributed by atoms with E-state index in [4.69, 9.17) is 16.3 Å². The Morgan fingerprint density at radius 2 is 2.20 bits per heavy atom. The molecule has 1 atom stereocenters. The third-order valence-electron chi connectivity index (χ3n) is 3.10. The molecule has 0 radical (unpaired) electrons. The molecule has 1 aromatic carbocycles. The first-order chi connectivity index (χ1) is 9.67. The van der Waals surface area contributed by atoms with Gasteiger partial charge in [-0.1, -0.05) is 30.7 Å². The maximum atomic E-state index is 14.0. The van der Waals surface area contributed by atoms with Crippen LogP contribution < -0.4 is 10.1 Å². The molecule has 0 saturated heterocycles. The topological polar surface area (TPSA) is 21.3 Å². The second kappa shape index (κ2) is 7.07. The Morgan fingerprint density at radius 3 is 2.90 bits per heavy atom. The number of thiophene rings is 1. The third kappa shape index (κ3) is 3.32. The van der Waals surface area contributed by atoms with Crippen LogP contribution in [0.5, 0.6) is 5.75 Å². The summed E-state index contributed by atoms with van der Waals surface area (Å²) in [5.74, 6) is 0.496. The van der Waals surface area contributed by atoms with Gasteiger partial charge in [0.1, 0.15) is 11.6 Å². The fourth-order valence-corrected chi connectivity index (χ4v) is 3.29. The molecular formula is C15H17ClFNOS. The van der Waals surface area contributed by atoms with Crippen LogP contribution in [-0.4, -0.2) is 13.7 Å². The molecule has 1 heterocycles. The molecule has 0 bridgehead atoms. The van der Waals surface area contributed by atoms with Gasteiger partial charge in [-0.2, -0.15) is 0 Å². The Bertz CT molecular complexity index is 573. The van der Waals surface area contributed by atoms with E-state index in [1.54, 1.807) is 36.6 Å². The predicted molar refractivity (Wildman–Crippen MR) is 82.4 cm³/mol. The van der Waals surface area contributed by atoms with Crippen molar-refractivity contribution in [2.24, 2.45) is 0 Å². The SMILES string of the molecule is CCNC(Cc1cccc(Cl)c1F)c1sccc1OC. The largest absolute Gasteiger partial charge is 0.496 e. The van der Waals surface area contributed by atoms with Gasteiger partial charge < -0.3 is 10.1 Å². The fourth-order valence-electron chi connectivity index (χ4n) is 2.16. The standard InChI is InChI=1S/C15H17ClFNOS/c1-3-18-12(15-13(19-2)7-8-20-15)9-10-5-4-6-11(16)14(10)17/h4-8,12,18H,3,9H2,1-2H3.